The Morgan fingerprint density at radius 3 is 2.84 bits per heavy atom. The first-order valence-electron chi connectivity index (χ1n) is 10.3. The van der Waals surface area contributed by atoms with Crippen molar-refractivity contribution in [1.29, 1.82) is 0 Å². The summed E-state index contributed by atoms with van der Waals surface area (Å²) in [5.74, 6) is -2.41. The average Bonchev–Trinajstić information content (AvgIpc) is 3.19. The maximum Gasteiger partial charge on any atom is 0.258 e. The number of amides is 2. The molecule has 0 spiro atoms. The predicted octanol–water partition coefficient (Wildman–Crippen LogP) is 2.98. The first kappa shape index (κ1) is 19.9. The number of aryl methyl sites for hydroxylation is 1. The number of anilines is 4. The zero-order chi connectivity index (χ0) is 22.4. The number of fused-ring (bicyclic) bond motifs is 2. The zero-order valence-corrected chi connectivity index (χ0v) is 17.2. The van der Waals surface area contributed by atoms with Gasteiger partial charge in [-0.15, -0.1) is 0 Å². The van der Waals surface area contributed by atoms with Gasteiger partial charge < -0.3 is 15.5 Å². The predicted molar refractivity (Wildman–Crippen MR) is 118 cm³/mol. The monoisotopic (exact) mass is 433 g/mol. The number of aromatic amines is 1. The fraction of sp³-hybridized carbons (Fsp3) is 0.217. The zero-order valence-electron chi connectivity index (χ0n) is 17.2. The molecular weight excluding hydrogens is 413 g/mol. The molecule has 2 aliphatic heterocycles. The van der Waals surface area contributed by atoms with Gasteiger partial charge in [0.15, 0.2) is 0 Å². The minimum absolute atomic E-state index is 0.0113. The van der Waals surface area contributed by atoms with E-state index in [1.807, 2.05) is 29.2 Å². The third-order valence-electron chi connectivity index (χ3n) is 5.78. The van der Waals surface area contributed by atoms with Crippen molar-refractivity contribution >= 4 is 35.0 Å². The number of rotatable bonds is 3. The summed E-state index contributed by atoms with van der Waals surface area (Å²) < 4.78 is 14.2. The van der Waals surface area contributed by atoms with Crippen LogP contribution in [-0.2, 0) is 16.0 Å². The molecule has 2 aromatic carbocycles. The molecule has 32 heavy (non-hydrogen) atoms. The average molecular weight is 433 g/mol. The lowest BCUT2D eigenvalue weighted by atomic mass is 9.92. The van der Waals surface area contributed by atoms with Crippen LogP contribution in [0.1, 0.15) is 29.0 Å². The second kappa shape index (κ2) is 7.60. The summed E-state index contributed by atoms with van der Waals surface area (Å²) in [7, 11) is 0. The van der Waals surface area contributed by atoms with Crippen LogP contribution < -0.4 is 21.1 Å². The molecule has 0 saturated carbocycles. The summed E-state index contributed by atoms with van der Waals surface area (Å²) in [4.78, 5) is 47.3. The highest BCUT2D eigenvalue weighted by Crippen LogP contribution is 2.35. The summed E-state index contributed by atoms with van der Waals surface area (Å²) >= 11 is 0. The Bertz CT molecular complexity index is 1320. The summed E-state index contributed by atoms with van der Waals surface area (Å²) in [5.41, 5.74) is 2.31. The highest BCUT2D eigenvalue weighted by molar-refractivity contribution is 6.04. The van der Waals surface area contributed by atoms with Crippen LogP contribution in [0.25, 0.3) is 0 Å². The highest BCUT2D eigenvalue weighted by Gasteiger charge is 2.36. The number of benzene rings is 2. The van der Waals surface area contributed by atoms with Crippen molar-refractivity contribution in [3.8, 4) is 0 Å². The number of nitrogens with zero attached hydrogens (tertiary/aromatic N) is 2. The van der Waals surface area contributed by atoms with Crippen molar-refractivity contribution in [2.45, 2.75) is 25.7 Å². The Kier molecular flexibility index (Phi) is 4.73. The van der Waals surface area contributed by atoms with Crippen molar-refractivity contribution in [1.82, 2.24) is 9.97 Å². The molecule has 1 atom stereocenters. The van der Waals surface area contributed by atoms with Crippen LogP contribution in [0.3, 0.4) is 0 Å². The minimum Gasteiger partial charge on any atom is -0.323 e. The summed E-state index contributed by atoms with van der Waals surface area (Å²) in [5, 5.41) is 5.10. The molecule has 0 aliphatic carbocycles. The number of nitrogens with one attached hydrogen (secondary N) is 3. The lowest BCUT2D eigenvalue weighted by molar-refractivity contribution is -0.123. The number of halogens is 1. The van der Waals surface area contributed by atoms with Crippen molar-refractivity contribution in [2.24, 2.45) is 0 Å². The van der Waals surface area contributed by atoms with E-state index in [1.54, 1.807) is 13.0 Å². The van der Waals surface area contributed by atoms with Crippen molar-refractivity contribution < 1.29 is 14.0 Å². The van der Waals surface area contributed by atoms with Crippen LogP contribution in [0.2, 0.25) is 0 Å². The molecule has 2 amide bonds. The normalized spacial score (nSPS) is 16.9. The highest BCUT2D eigenvalue weighted by atomic mass is 19.1. The third-order valence-corrected chi connectivity index (χ3v) is 5.78. The van der Waals surface area contributed by atoms with Crippen LogP contribution in [0.4, 0.5) is 27.5 Å². The van der Waals surface area contributed by atoms with Crippen molar-refractivity contribution in [2.75, 3.05) is 22.1 Å². The maximum atomic E-state index is 14.2. The van der Waals surface area contributed by atoms with Crippen LogP contribution in [0.5, 0.6) is 0 Å². The number of hydrogen-bond donors (Lipinski definition) is 3. The molecule has 0 fully saturated rings. The van der Waals surface area contributed by atoms with E-state index in [4.69, 9.17) is 0 Å². The molecule has 0 saturated heterocycles. The Balaban J connectivity index is 1.50. The molecule has 1 aromatic heterocycles. The van der Waals surface area contributed by atoms with Gasteiger partial charge in [-0.1, -0.05) is 24.3 Å². The van der Waals surface area contributed by atoms with E-state index in [9.17, 15) is 18.8 Å². The summed E-state index contributed by atoms with van der Waals surface area (Å²) in [6.07, 6.45) is 0.569. The van der Waals surface area contributed by atoms with E-state index in [0.717, 1.165) is 17.7 Å². The van der Waals surface area contributed by atoms with Gasteiger partial charge in [-0.25, -0.2) is 4.39 Å². The first-order valence-corrected chi connectivity index (χ1v) is 10.3. The molecule has 2 aliphatic rings. The van der Waals surface area contributed by atoms with E-state index in [0.29, 0.717) is 18.1 Å². The van der Waals surface area contributed by atoms with Gasteiger partial charge in [0.1, 0.15) is 11.6 Å². The van der Waals surface area contributed by atoms with Gasteiger partial charge in [-0.05, 0) is 42.7 Å². The Labute approximate surface area is 182 Å². The van der Waals surface area contributed by atoms with Crippen molar-refractivity contribution in [3.63, 3.8) is 0 Å². The second-order valence-electron chi connectivity index (χ2n) is 7.96. The SMILES string of the molecule is Cc1ccc(NC(=O)[C@@H]2CC(=O)Nc3nc(N4CCc5ccccc54)[nH]c(=O)c32)c(F)c1. The quantitative estimate of drug-likeness (QED) is 0.589. The van der Waals surface area contributed by atoms with E-state index in [1.165, 1.54) is 12.1 Å². The lowest BCUT2D eigenvalue weighted by Gasteiger charge is -2.25. The van der Waals surface area contributed by atoms with Crippen LogP contribution in [-0.4, -0.2) is 28.3 Å². The molecule has 9 heteroatoms. The van der Waals surface area contributed by atoms with Crippen LogP contribution in [0, 0.1) is 12.7 Å². The van der Waals surface area contributed by atoms with Gasteiger partial charge in [0.25, 0.3) is 5.56 Å². The van der Waals surface area contributed by atoms with E-state index < -0.39 is 29.1 Å². The molecule has 3 aromatic rings. The van der Waals surface area contributed by atoms with E-state index in [2.05, 4.69) is 20.6 Å². The Morgan fingerprint density at radius 2 is 2.03 bits per heavy atom. The number of carbonyl (C=O) groups excluding carboxylic acids is 2. The van der Waals surface area contributed by atoms with Gasteiger partial charge in [0, 0.05) is 18.7 Å². The number of carbonyl (C=O) groups is 2. The molecule has 3 heterocycles. The fourth-order valence-electron chi connectivity index (χ4n) is 4.21. The molecule has 0 unspecified atom stereocenters. The molecule has 3 N–H and O–H groups in total. The van der Waals surface area contributed by atoms with Gasteiger partial charge in [0.05, 0.1) is 17.2 Å². The molecule has 0 bridgehead atoms. The molecule has 5 rings (SSSR count). The molecule has 8 nitrogen and oxygen atoms in total. The molecule has 162 valence electrons. The number of H-pyrrole nitrogens is 1. The second-order valence-corrected chi connectivity index (χ2v) is 7.96. The van der Waals surface area contributed by atoms with E-state index >= 15 is 0 Å². The largest absolute Gasteiger partial charge is 0.323 e. The smallest absolute Gasteiger partial charge is 0.258 e. The summed E-state index contributed by atoms with van der Waals surface area (Å²) in [6, 6.07) is 12.2. The number of aromatic nitrogens is 2. The first-order chi connectivity index (χ1) is 15.4. The van der Waals surface area contributed by atoms with Gasteiger partial charge in [-0.2, -0.15) is 4.98 Å². The van der Waals surface area contributed by atoms with Crippen LogP contribution >= 0.6 is 0 Å². The molecular formula is C23H20FN5O3. The summed E-state index contributed by atoms with van der Waals surface area (Å²) in [6.45, 7) is 2.36. The van der Waals surface area contributed by atoms with Crippen molar-refractivity contribution in [3.05, 3.63) is 75.3 Å². The van der Waals surface area contributed by atoms with Gasteiger partial charge >= 0.3 is 0 Å². The minimum atomic E-state index is -1.09. The van der Waals surface area contributed by atoms with Gasteiger partial charge in [0.2, 0.25) is 17.8 Å². The topological polar surface area (TPSA) is 107 Å². The number of para-hydroxylation sites is 1. The van der Waals surface area contributed by atoms with Crippen LogP contribution in [0.15, 0.2) is 47.3 Å². The lowest BCUT2D eigenvalue weighted by Crippen LogP contribution is -2.37. The fourth-order valence-corrected chi connectivity index (χ4v) is 4.21. The van der Waals surface area contributed by atoms with E-state index in [-0.39, 0.29) is 23.5 Å². The Hall–Kier alpha value is -4.01. The maximum absolute atomic E-state index is 14.2. The third kappa shape index (κ3) is 3.41. The molecule has 0 radical (unpaired) electrons. The number of hydrogen-bond acceptors (Lipinski definition) is 5. The Morgan fingerprint density at radius 1 is 1.22 bits per heavy atom. The standard InChI is InChI=1S/C23H20FN5O3/c1-12-6-7-16(15(24)10-12)25-21(31)14-11-18(30)26-20-19(14)22(32)28-23(27-20)29-9-8-13-4-2-3-5-17(13)29/h2-7,10,14H,8-9,11H2,1H3,(H,25,31)(H2,26,27,28,30,32)/t14-/m1/s1. The van der Waals surface area contributed by atoms with Gasteiger partial charge in [-0.3, -0.25) is 19.4 Å².